The summed E-state index contributed by atoms with van der Waals surface area (Å²) in [6.07, 6.45) is 0. The van der Waals surface area contributed by atoms with Gasteiger partial charge < -0.3 is 4.74 Å². The Kier molecular flexibility index (Phi) is 4.60. The van der Waals surface area contributed by atoms with Gasteiger partial charge in [0.15, 0.2) is 0 Å². The fourth-order valence-corrected chi connectivity index (χ4v) is 1.23. The van der Waals surface area contributed by atoms with Crippen LogP contribution in [-0.4, -0.2) is 12.6 Å². The van der Waals surface area contributed by atoms with Crippen LogP contribution in [0.1, 0.15) is 12.5 Å². The van der Waals surface area contributed by atoms with Gasteiger partial charge in [0, 0.05) is 11.5 Å². The molecule has 1 rings (SSSR count). The summed E-state index contributed by atoms with van der Waals surface area (Å²) in [7, 11) is 0. The van der Waals surface area contributed by atoms with E-state index in [1.807, 2.05) is 0 Å². The number of hydrogen-bond acceptors (Lipinski definition) is 2. The average Bonchev–Trinajstić information content (AvgIpc) is 2.23. The Bertz CT molecular complexity index is 452. The smallest absolute Gasteiger partial charge is 0.384 e. The third-order valence-electron chi connectivity index (χ3n) is 1.57. The molecule has 0 heterocycles. The number of carbonyl (C=O) groups excluding carboxylic acids is 1. The van der Waals surface area contributed by atoms with E-state index in [1.165, 1.54) is 6.07 Å². The van der Waals surface area contributed by atoms with E-state index in [0.717, 1.165) is 6.07 Å². The minimum absolute atomic E-state index is 0.0508. The predicted octanol–water partition coefficient (Wildman–Crippen LogP) is 3.05. The molecule has 0 fully saturated rings. The highest BCUT2D eigenvalue weighted by molar-refractivity contribution is 6.42. The normalized spacial score (nSPS) is 9.25. The van der Waals surface area contributed by atoms with Gasteiger partial charge in [0.25, 0.3) is 0 Å². The first kappa shape index (κ1) is 12.8. The van der Waals surface area contributed by atoms with Gasteiger partial charge in [0.1, 0.15) is 5.82 Å². The Balaban J connectivity index is 2.94. The Morgan fingerprint density at radius 3 is 2.75 bits per heavy atom. The molecule has 0 aliphatic heterocycles. The lowest BCUT2D eigenvalue weighted by Crippen LogP contribution is -1.99. The van der Waals surface area contributed by atoms with Gasteiger partial charge in [-0.3, -0.25) is 0 Å². The molecule has 0 bridgehead atoms. The molecule has 0 radical (unpaired) electrons. The van der Waals surface area contributed by atoms with Crippen molar-refractivity contribution in [3.63, 3.8) is 0 Å². The van der Waals surface area contributed by atoms with Crippen LogP contribution in [0.4, 0.5) is 4.39 Å². The molecule has 0 saturated carbocycles. The van der Waals surface area contributed by atoms with Crippen LogP contribution in [-0.2, 0) is 9.53 Å². The van der Waals surface area contributed by atoms with Crippen LogP contribution in [0, 0.1) is 17.7 Å². The molecule has 1 aromatic rings. The monoisotopic (exact) mass is 260 g/mol. The topological polar surface area (TPSA) is 26.3 Å². The van der Waals surface area contributed by atoms with Crippen molar-refractivity contribution in [2.24, 2.45) is 0 Å². The van der Waals surface area contributed by atoms with Crippen molar-refractivity contribution in [1.82, 2.24) is 0 Å². The Hall–Kier alpha value is -1.24. The summed E-state index contributed by atoms with van der Waals surface area (Å²) in [6, 6.07) is 2.47. The van der Waals surface area contributed by atoms with Crippen molar-refractivity contribution in [2.45, 2.75) is 6.92 Å². The van der Waals surface area contributed by atoms with Gasteiger partial charge in [-0.25, -0.2) is 9.18 Å². The summed E-state index contributed by atoms with van der Waals surface area (Å²) in [5, 5.41) is -0.113. The number of esters is 1. The molecule has 16 heavy (non-hydrogen) atoms. The zero-order valence-electron chi connectivity index (χ0n) is 8.31. The highest BCUT2D eigenvalue weighted by Crippen LogP contribution is 2.25. The van der Waals surface area contributed by atoms with Crippen molar-refractivity contribution < 1.29 is 13.9 Å². The van der Waals surface area contributed by atoms with E-state index in [4.69, 9.17) is 23.2 Å². The number of ether oxygens (including phenoxy) is 1. The molecule has 84 valence electrons. The second-order valence-electron chi connectivity index (χ2n) is 2.72. The van der Waals surface area contributed by atoms with E-state index in [2.05, 4.69) is 16.6 Å². The number of halogens is 3. The standard InChI is InChI=1S/C11H7Cl2FO2/c1-2-16-10(15)4-3-7-5-8(12)11(13)9(14)6-7/h5-6H,2H2,1H3. The fraction of sp³-hybridized carbons (Fsp3) is 0.182. The lowest BCUT2D eigenvalue weighted by atomic mass is 10.2. The van der Waals surface area contributed by atoms with Gasteiger partial charge in [-0.1, -0.05) is 29.1 Å². The van der Waals surface area contributed by atoms with E-state index in [-0.39, 0.29) is 22.2 Å². The SMILES string of the molecule is CCOC(=O)C#Cc1cc(F)c(Cl)c(Cl)c1. The summed E-state index contributed by atoms with van der Waals surface area (Å²) in [6.45, 7) is 1.90. The summed E-state index contributed by atoms with van der Waals surface area (Å²) in [4.78, 5) is 10.9. The molecule has 0 amide bonds. The number of benzene rings is 1. The van der Waals surface area contributed by atoms with E-state index in [0.29, 0.717) is 0 Å². The van der Waals surface area contributed by atoms with Crippen LogP contribution < -0.4 is 0 Å². The van der Waals surface area contributed by atoms with Crippen LogP contribution in [0.2, 0.25) is 10.0 Å². The van der Waals surface area contributed by atoms with Crippen molar-refractivity contribution in [2.75, 3.05) is 6.61 Å². The maximum atomic E-state index is 13.1. The maximum absolute atomic E-state index is 13.1. The van der Waals surface area contributed by atoms with Crippen molar-refractivity contribution >= 4 is 29.2 Å². The third kappa shape index (κ3) is 3.41. The van der Waals surface area contributed by atoms with E-state index < -0.39 is 11.8 Å². The number of rotatable bonds is 1. The van der Waals surface area contributed by atoms with Crippen LogP contribution in [0.3, 0.4) is 0 Å². The van der Waals surface area contributed by atoms with Crippen molar-refractivity contribution in [1.29, 1.82) is 0 Å². The summed E-state index contributed by atoms with van der Waals surface area (Å²) < 4.78 is 17.7. The van der Waals surface area contributed by atoms with E-state index in [9.17, 15) is 9.18 Å². The summed E-state index contributed by atoms with van der Waals surface area (Å²) in [5.41, 5.74) is 0.264. The fourth-order valence-electron chi connectivity index (χ4n) is 0.918. The van der Waals surface area contributed by atoms with Gasteiger partial charge in [-0.05, 0) is 19.1 Å². The lowest BCUT2D eigenvalue weighted by Gasteiger charge is -1.98. The molecular formula is C11H7Cl2FO2. The molecule has 0 aliphatic rings. The van der Waals surface area contributed by atoms with Gasteiger partial charge in [-0.2, -0.15) is 0 Å². The number of carbonyl (C=O) groups is 1. The zero-order valence-corrected chi connectivity index (χ0v) is 9.82. The molecule has 5 heteroatoms. The Morgan fingerprint density at radius 1 is 1.50 bits per heavy atom. The molecule has 0 saturated heterocycles. The number of hydrogen-bond donors (Lipinski definition) is 0. The predicted molar refractivity (Wildman–Crippen MR) is 59.9 cm³/mol. The van der Waals surface area contributed by atoms with E-state index in [1.54, 1.807) is 6.92 Å². The molecule has 0 N–H and O–H groups in total. The molecule has 2 nitrogen and oxygen atoms in total. The Labute approximate surface area is 102 Å². The Morgan fingerprint density at radius 2 is 2.19 bits per heavy atom. The molecule has 0 spiro atoms. The summed E-state index contributed by atoms with van der Waals surface area (Å²) in [5.74, 6) is 3.27. The third-order valence-corrected chi connectivity index (χ3v) is 2.35. The van der Waals surface area contributed by atoms with Gasteiger partial charge in [0.05, 0.1) is 16.7 Å². The first-order chi connectivity index (χ1) is 7.54. The molecule has 0 atom stereocenters. The average molecular weight is 261 g/mol. The van der Waals surface area contributed by atoms with Crippen LogP contribution >= 0.6 is 23.2 Å². The van der Waals surface area contributed by atoms with Crippen molar-refractivity contribution in [3.8, 4) is 11.8 Å². The molecular weight excluding hydrogens is 254 g/mol. The molecule has 0 aromatic heterocycles. The lowest BCUT2D eigenvalue weighted by molar-refractivity contribution is -0.136. The minimum Gasteiger partial charge on any atom is -0.456 e. The van der Waals surface area contributed by atoms with Crippen LogP contribution in [0.15, 0.2) is 12.1 Å². The molecule has 0 unspecified atom stereocenters. The highest BCUT2D eigenvalue weighted by Gasteiger charge is 2.06. The summed E-state index contributed by atoms with van der Waals surface area (Å²) >= 11 is 11.2. The first-order valence-corrected chi connectivity index (χ1v) is 5.13. The molecule has 0 aliphatic carbocycles. The van der Waals surface area contributed by atoms with Gasteiger partial charge >= 0.3 is 5.97 Å². The second kappa shape index (κ2) is 5.74. The maximum Gasteiger partial charge on any atom is 0.384 e. The zero-order chi connectivity index (χ0) is 12.1. The first-order valence-electron chi connectivity index (χ1n) is 4.38. The van der Waals surface area contributed by atoms with Crippen LogP contribution in [0.5, 0.6) is 0 Å². The van der Waals surface area contributed by atoms with Crippen molar-refractivity contribution in [3.05, 3.63) is 33.6 Å². The van der Waals surface area contributed by atoms with E-state index >= 15 is 0 Å². The second-order valence-corrected chi connectivity index (χ2v) is 3.51. The molecule has 1 aromatic carbocycles. The largest absolute Gasteiger partial charge is 0.456 e. The van der Waals surface area contributed by atoms with Crippen LogP contribution in [0.25, 0.3) is 0 Å². The quantitative estimate of drug-likeness (QED) is 0.441. The minimum atomic E-state index is -0.678. The highest BCUT2D eigenvalue weighted by atomic mass is 35.5. The van der Waals surface area contributed by atoms with Gasteiger partial charge in [-0.15, -0.1) is 0 Å². The van der Waals surface area contributed by atoms with Gasteiger partial charge in [0.2, 0.25) is 0 Å².